The highest BCUT2D eigenvalue weighted by atomic mass is 15.2. The lowest BCUT2D eigenvalue weighted by molar-refractivity contribution is 0.238. The summed E-state index contributed by atoms with van der Waals surface area (Å²) in [6.45, 7) is 0. The summed E-state index contributed by atoms with van der Waals surface area (Å²) in [7, 11) is 0. The van der Waals surface area contributed by atoms with Crippen molar-refractivity contribution >= 4 is 16.9 Å². The fraction of sp³-hybridized carbons (Fsp3) is 0.333. The molecule has 7 atom stereocenters. The van der Waals surface area contributed by atoms with Crippen molar-refractivity contribution < 1.29 is 0 Å². The van der Waals surface area contributed by atoms with Crippen LogP contribution in [-0.2, 0) is 0 Å². The van der Waals surface area contributed by atoms with Gasteiger partial charge in [0.05, 0.1) is 18.1 Å². The number of benzene rings is 3. The van der Waals surface area contributed by atoms with E-state index in [1.54, 1.807) is 28.0 Å². The van der Waals surface area contributed by atoms with E-state index in [-0.39, 0.29) is 0 Å². The molecule has 1 fully saturated rings. The summed E-state index contributed by atoms with van der Waals surface area (Å²) in [4.78, 5) is 5.46. The van der Waals surface area contributed by atoms with Gasteiger partial charge in [0.15, 0.2) is 0 Å². The van der Waals surface area contributed by atoms with Crippen LogP contribution >= 0.6 is 0 Å². The van der Waals surface area contributed by atoms with E-state index in [9.17, 15) is 0 Å². The molecule has 280 valence electrons. The Bertz CT molecular complexity index is 2290. The highest BCUT2D eigenvalue weighted by Gasteiger charge is 2.46. The maximum absolute atomic E-state index is 2.89. The molecule has 1 saturated carbocycles. The predicted molar refractivity (Wildman–Crippen MR) is 233 cm³/mol. The highest BCUT2D eigenvalue weighted by Crippen LogP contribution is 2.54. The van der Waals surface area contributed by atoms with Gasteiger partial charge in [0, 0.05) is 28.6 Å². The van der Waals surface area contributed by atoms with Gasteiger partial charge < -0.3 is 9.80 Å². The molecule has 0 radical (unpaired) electrons. The number of anilines is 2. The molecule has 8 aliphatic rings. The number of hydrogen-bond donors (Lipinski definition) is 0. The first-order valence-corrected chi connectivity index (χ1v) is 21.8. The zero-order chi connectivity index (χ0) is 37.0. The Morgan fingerprint density at radius 3 is 2.29 bits per heavy atom. The van der Waals surface area contributed by atoms with E-state index in [2.05, 4.69) is 162 Å². The molecule has 11 rings (SSSR count). The minimum atomic E-state index is 0.339. The molecule has 0 aromatic heterocycles. The van der Waals surface area contributed by atoms with Crippen molar-refractivity contribution in [2.45, 2.75) is 94.7 Å². The third kappa shape index (κ3) is 5.91. The molecule has 0 spiro atoms. The van der Waals surface area contributed by atoms with Gasteiger partial charge in [-0.05, 0) is 146 Å². The summed E-state index contributed by atoms with van der Waals surface area (Å²) < 4.78 is 0. The first kappa shape index (κ1) is 34.2. The molecule has 2 aliphatic heterocycles. The molecular weight excluding hydrogens is 677 g/mol. The molecule has 2 heterocycles. The van der Waals surface area contributed by atoms with Crippen LogP contribution in [0.3, 0.4) is 0 Å². The van der Waals surface area contributed by atoms with Gasteiger partial charge in [-0.25, -0.2) is 0 Å². The van der Waals surface area contributed by atoms with Crippen LogP contribution in [0.2, 0.25) is 0 Å². The van der Waals surface area contributed by atoms with Crippen LogP contribution in [0.25, 0.3) is 5.57 Å². The third-order valence-electron chi connectivity index (χ3n) is 14.6. The molecule has 0 bridgehead atoms. The molecule has 0 N–H and O–H groups in total. The van der Waals surface area contributed by atoms with Crippen LogP contribution in [0, 0.1) is 17.8 Å². The van der Waals surface area contributed by atoms with Gasteiger partial charge in [0.25, 0.3) is 0 Å². The van der Waals surface area contributed by atoms with Gasteiger partial charge in [-0.1, -0.05) is 133 Å². The van der Waals surface area contributed by atoms with Crippen molar-refractivity contribution in [3.8, 4) is 0 Å². The summed E-state index contributed by atoms with van der Waals surface area (Å²) in [5, 5.41) is 0. The van der Waals surface area contributed by atoms with Crippen LogP contribution in [0.15, 0.2) is 185 Å². The van der Waals surface area contributed by atoms with Crippen LogP contribution < -0.4 is 4.90 Å². The van der Waals surface area contributed by atoms with Gasteiger partial charge in [-0.2, -0.15) is 0 Å². The fourth-order valence-electron chi connectivity index (χ4n) is 12.1. The Labute approximate surface area is 334 Å². The Balaban J connectivity index is 0.862. The van der Waals surface area contributed by atoms with E-state index >= 15 is 0 Å². The van der Waals surface area contributed by atoms with Crippen molar-refractivity contribution in [3.05, 3.63) is 196 Å². The van der Waals surface area contributed by atoms with Gasteiger partial charge in [-0.3, -0.25) is 0 Å². The topological polar surface area (TPSA) is 6.48 Å². The second-order valence-corrected chi connectivity index (χ2v) is 17.6. The van der Waals surface area contributed by atoms with Crippen LogP contribution in [0.1, 0.15) is 87.7 Å². The third-order valence-corrected chi connectivity index (χ3v) is 14.6. The standard InChI is InChI=1S/C54H54N2/c1-4-15-37(16-5-1)41-33-42(38-17-6-2-7-18-38)35-43(34-41)39-27-30-45(31-28-39)56-51-25-13-11-22-48(51)54-46(23-14-26-53(54)56)40-29-32-52-49(36-40)47-21-10-12-24-50(47)55(52)44-19-8-3-9-20-44/h1-6,8-10,12,14-17,19-21,23-24,26-30,36,41-43,45,52-54H,7,11,13,18,22,25,31-35H2. The van der Waals surface area contributed by atoms with E-state index in [0.717, 1.165) is 12.8 Å². The van der Waals surface area contributed by atoms with E-state index in [0.29, 0.717) is 41.8 Å². The lowest BCUT2D eigenvalue weighted by atomic mass is 9.67. The molecule has 7 unspecified atom stereocenters. The van der Waals surface area contributed by atoms with Crippen LogP contribution in [-0.4, -0.2) is 23.0 Å². The maximum atomic E-state index is 2.89. The molecule has 2 nitrogen and oxygen atoms in total. The van der Waals surface area contributed by atoms with E-state index in [1.165, 1.54) is 91.4 Å². The van der Waals surface area contributed by atoms with Gasteiger partial charge >= 0.3 is 0 Å². The average Bonchev–Trinajstić information content (AvgIpc) is 3.80. The van der Waals surface area contributed by atoms with Gasteiger partial charge in [0.2, 0.25) is 0 Å². The summed E-state index contributed by atoms with van der Waals surface area (Å²) in [6.07, 6.45) is 41.0. The van der Waals surface area contributed by atoms with Crippen molar-refractivity contribution in [2.24, 2.45) is 17.8 Å². The first-order chi connectivity index (χ1) is 27.8. The number of nitrogens with zero attached hydrogens (tertiary/aromatic N) is 2. The Hall–Kier alpha value is -5.08. The quantitative estimate of drug-likeness (QED) is 0.249. The number of fused-ring (bicyclic) bond motifs is 5. The lowest BCUT2D eigenvalue weighted by Gasteiger charge is -2.41. The molecular formula is C54H54N2. The van der Waals surface area contributed by atoms with Gasteiger partial charge in [0.1, 0.15) is 0 Å². The van der Waals surface area contributed by atoms with E-state index in [4.69, 9.17) is 0 Å². The van der Waals surface area contributed by atoms with Crippen LogP contribution in [0.5, 0.6) is 0 Å². The van der Waals surface area contributed by atoms with Crippen molar-refractivity contribution in [3.63, 3.8) is 0 Å². The minimum absolute atomic E-state index is 0.339. The van der Waals surface area contributed by atoms with Crippen molar-refractivity contribution in [1.82, 2.24) is 4.90 Å². The van der Waals surface area contributed by atoms with Crippen molar-refractivity contribution in [1.29, 1.82) is 0 Å². The first-order valence-electron chi connectivity index (χ1n) is 21.8. The zero-order valence-corrected chi connectivity index (χ0v) is 32.6. The monoisotopic (exact) mass is 730 g/mol. The molecule has 56 heavy (non-hydrogen) atoms. The molecule has 0 saturated heterocycles. The Kier molecular flexibility index (Phi) is 8.82. The van der Waals surface area contributed by atoms with E-state index < -0.39 is 0 Å². The average molecular weight is 731 g/mol. The van der Waals surface area contributed by atoms with Crippen molar-refractivity contribution in [2.75, 3.05) is 4.90 Å². The summed E-state index contributed by atoms with van der Waals surface area (Å²) in [5.74, 6) is 2.38. The second kappa shape index (κ2) is 14.5. The van der Waals surface area contributed by atoms with E-state index in [1.807, 2.05) is 0 Å². The predicted octanol–water partition coefficient (Wildman–Crippen LogP) is 13.3. The SMILES string of the molecule is C1=CCCC(C2CC(C3=CCC(N4C5=C(CCCC5)C5C(C6=CCC7C(=C6)c6ccccc6N7c6ccccc6)=CC=CC54)C=C3)CC(c3ccccc3)C2)=C1. The Morgan fingerprint density at radius 1 is 0.643 bits per heavy atom. The molecule has 0 amide bonds. The largest absolute Gasteiger partial charge is 0.361 e. The smallest absolute Gasteiger partial charge is 0.0633 e. The van der Waals surface area contributed by atoms with Gasteiger partial charge in [-0.15, -0.1) is 0 Å². The summed E-state index contributed by atoms with van der Waals surface area (Å²) in [6, 6.07) is 32.6. The second-order valence-electron chi connectivity index (χ2n) is 17.6. The normalized spacial score (nSPS) is 30.4. The fourth-order valence-corrected chi connectivity index (χ4v) is 12.1. The zero-order valence-electron chi connectivity index (χ0n) is 32.6. The number of allylic oxidation sites excluding steroid dienone is 11. The van der Waals surface area contributed by atoms with Crippen LogP contribution in [0.4, 0.5) is 11.4 Å². The molecule has 3 aromatic carbocycles. The Morgan fingerprint density at radius 2 is 1.45 bits per heavy atom. The lowest BCUT2D eigenvalue weighted by Crippen LogP contribution is -2.41. The molecule has 2 heteroatoms. The maximum Gasteiger partial charge on any atom is 0.0633 e. The highest BCUT2D eigenvalue weighted by molar-refractivity contribution is 5.94. The summed E-state index contributed by atoms with van der Waals surface area (Å²) in [5.41, 5.74) is 16.7. The minimum Gasteiger partial charge on any atom is -0.361 e. The number of para-hydroxylation sites is 2. The molecule has 6 aliphatic carbocycles. The number of rotatable bonds is 6. The number of hydrogen-bond acceptors (Lipinski definition) is 2. The summed E-state index contributed by atoms with van der Waals surface area (Å²) >= 11 is 0. The molecule has 3 aromatic rings.